The molecule has 0 unspecified atom stereocenters. The van der Waals surface area contributed by atoms with E-state index >= 15 is 0 Å². The van der Waals surface area contributed by atoms with Crippen molar-refractivity contribution in [1.29, 1.82) is 0 Å². The number of hydrogen-bond donors (Lipinski definition) is 1. The van der Waals surface area contributed by atoms with Gasteiger partial charge in [-0.3, -0.25) is 9.36 Å². The van der Waals surface area contributed by atoms with Crippen molar-refractivity contribution in [3.8, 4) is 5.75 Å². The largest absolute Gasteiger partial charge is 0.495 e. The normalized spacial score (nSPS) is 13.5. The third-order valence-corrected chi connectivity index (χ3v) is 5.26. The maximum Gasteiger partial charge on any atom is 0.234 e. The van der Waals surface area contributed by atoms with Gasteiger partial charge in [0.15, 0.2) is 5.16 Å². The van der Waals surface area contributed by atoms with Crippen molar-refractivity contribution in [3.05, 3.63) is 54.2 Å². The summed E-state index contributed by atoms with van der Waals surface area (Å²) in [5, 5.41) is 12.3. The number of aromatic nitrogens is 3. The predicted octanol–water partition coefficient (Wildman–Crippen LogP) is 3.54. The van der Waals surface area contributed by atoms with Gasteiger partial charge in [-0.2, -0.15) is 0 Å². The third kappa shape index (κ3) is 4.16. The second-order valence-electron chi connectivity index (χ2n) is 6.32. The molecular formula is C19H20N4O3S. The molecule has 0 bridgehead atoms. The van der Waals surface area contributed by atoms with Gasteiger partial charge < -0.3 is 14.5 Å². The molecule has 1 N–H and O–H groups in total. The number of furan rings is 1. The maximum absolute atomic E-state index is 12.4. The molecular weight excluding hydrogens is 364 g/mol. The van der Waals surface area contributed by atoms with Gasteiger partial charge in [-0.15, -0.1) is 10.2 Å². The number of rotatable bonds is 8. The molecule has 0 aliphatic heterocycles. The van der Waals surface area contributed by atoms with E-state index in [1.807, 2.05) is 36.4 Å². The number of nitrogens with zero attached hydrogens (tertiary/aromatic N) is 3. The van der Waals surface area contributed by atoms with Crippen LogP contribution in [0, 0.1) is 0 Å². The first-order valence-electron chi connectivity index (χ1n) is 8.75. The van der Waals surface area contributed by atoms with Crippen LogP contribution in [-0.4, -0.2) is 33.5 Å². The Hall–Kier alpha value is -2.74. The minimum atomic E-state index is -0.120. The van der Waals surface area contributed by atoms with Crippen molar-refractivity contribution < 1.29 is 13.9 Å². The number of anilines is 1. The van der Waals surface area contributed by atoms with Crippen LogP contribution >= 0.6 is 11.8 Å². The first kappa shape index (κ1) is 17.7. The Morgan fingerprint density at radius 1 is 1.30 bits per heavy atom. The standard InChI is InChI=1S/C19H20N4O3S/c1-25-16-7-3-2-6-15(16)20-17(24)12-27-19-22-21-18(13-8-9-13)23(19)11-14-5-4-10-26-14/h2-7,10,13H,8-9,11-12H2,1H3,(H,20,24). The number of carbonyl (C=O) groups is 1. The van der Waals surface area contributed by atoms with E-state index in [-0.39, 0.29) is 11.7 Å². The van der Waals surface area contributed by atoms with Crippen molar-refractivity contribution in [2.75, 3.05) is 18.2 Å². The molecule has 27 heavy (non-hydrogen) atoms. The van der Waals surface area contributed by atoms with Crippen molar-refractivity contribution in [2.24, 2.45) is 0 Å². The van der Waals surface area contributed by atoms with Gasteiger partial charge in [0, 0.05) is 5.92 Å². The molecule has 7 nitrogen and oxygen atoms in total. The molecule has 0 atom stereocenters. The molecule has 4 rings (SSSR count). The van der Waals surface area contributed by atoms with Gasteiger partial charge in [-0.25, -0.2) is 0 Å². The van der Waals surface area contributed by atoms with Crippen LogP contribution in [0.1, 0.15) is 30.3 Å². The van der Waals surface area contributed by atoms with E-state index in [0.29, 0.717) is 23.9 Å². The third-order valence-electron chi connectivity index (χ3n) is 4.30. The lowest BCUT2D eigenvalue weighted by Gasteiger charge is -2.10. The number of methoxy groups -OCH3 is 1. The smallest absolute Gasteiger partial charge is 0.234 e. The van der Waals surface area contributed by atoms with E-state index in [1.165, 1.54) is 11.8 Å². The lowest BCUT2D eigenvalue weighted by Crippen LogP contribution is -2.15. The molecule has 2 aromatic heterocycles. The van der Waals surface area contributed by atoms with Crippen molar-refractivity contribution >= 4 is 23.4 Å². The van der Waals surface area contributed by atoms with Gasteiger partial charge in [-0.05, 0) is 37.1 Å². The second kappa shape index (κ2) is 7.87. The molecule has 1 aromatic carbocycles. The molecule has 3 aromatic rings. The van der Waals surface area contributed by atoms with Crippen LogP contribution in [0.2, 0.25) is 0 Å². The minimum absolute atomic E-state index is 0.120. The lowest BCUT2D eigenvalue weighted by molar-refractivity contribution is -0.113. The zero-order valence-electron chi connectivity index (χ0n) is 14.9. The van der Waals surface area contributed by atoms with Crippen molar-refractivity contribution in [2.45, 2.75) is 30.5 Å². The number of ether oxygens (including phenoxy) is 1. The number of carbonyl (C=O) groups excluding carboxylic acids is 1. The summed E-state index contributed by atoms with van der Waals surface area (Å²) in [6, 6.07) is 11.1. The number of hydrogen-bond acceptors (Lipinski definition) is 6. The van der Waals surface area contributed by atoms with Crippen LogP contribution in [0.15, 0.2) is 52.2 Å². The topological polar surface area (TPSA) is 82.2 Å². The first-order valence-corrected chi connectivity index (χ1v) is 9.74. The van der Waals surface area contributed by atoms with Gasteiger partial charge in [0.1, 0.15) is 17.3 Å². The molecule has 8 heteroatoms. The number of nitrogens with one attached hydrogen (secondary N) is 1. The summed E-state index contributed by atoms with van der Waals surface area (Å²) in [7, 11) is 1.58. The maximum atomic E-state index is 12.4. The average molecular weight is 384 g/mol. The Labute approximate surface area is 161 Å². The van der Waals surface area contributed by atoms with Gasteiger partial charge in [0.25, 0.3) is 0 Å². The van der Waals surface area contributed by atoms with Crippen LogP contribution in [0.25, 0.3) is 0 Å². The quantitative estimate of drug-likeness (QED) is 0.598. The van der Waals surface area contributed by atoms with E-state index in [9.17, 15) is 4.79 Å². The SMILES string of the molecule is COc1ccccc1NC(=O)CSc1nnc(C2CC2)n1Cc1ccco1. The second-order valence-corrected chi connectivity index (χ2v) is 7.26. The Bertz CT molecular complexity index is 919. The van der Waals surface area contributed by atoms with Gasteiger partial charge >= 0.3 is 0 Å². The molecule has 0 spiro atoms. The van der Waals surface area contributed by atoms with Crippen LogP contribution in [-0.2, 0) is 11.3 Å². The summed E-state index contributed by atoms with van der Waals surface area (Å²) in [6.45, 7) is 0.572. The first-order chi connectivity index (χ1) is 13.2. The Kier molecular flexibility index (Phi) is 5.15. The van der Waals surface area contributed by atoms with E-state index in [4.69, 9.17) is 9.15 Å². The molecule has 2 heterocycles. The summed E-state index contributed by atoms with van der Waals surface area (Å²) >= 11 is 1.37. The zero-order chi connectivity index (χ0) is 18.6. The highest BCUT2D eigenvalue weighted by molar-refractivity contribution is 7.99. The number of amides is 1. The summed E-state index contributed by atoms with van der Waals surface area (Å²) in [5.41, 5.74) is 0.654. The van der Waals surface area contributed by atoms with Gasteiger partial charge in [-0.1, -0.05) is 23.9 Å². The van der Waals surface area contributed by atoms with E-state index < -0.39 is 0 Å². The van der Waals surface area contributed by atoms with Crippen molar-refractivity contribution in [3.63, 3.8) is 0 Å². The summed E-state index contributed by atoms with van der Waals surface area (Å²) in [4.78, 5) is 12.4. The Morgan fingerprint density at radius 3 is 2.89 bits per heavy atom. The van der Waals surface area contributed by atoms with Crippen LogP contribution in [0.3, 0.4) is 0 Å². The molecule has 1 aliphatic rings. The van der Waals surface area contributed by atoms with Gasteiger partial charge in [0.05, 0.1) is 31.4 Å². The molecule has 140 valence electrons. The number of thioether (sulfide) groups is 1. The molecule has 1 fully saturated rings. The fourth-order valence-electron chi connectivity index (χ4n) is 2.82. The van der Waals surface area contributed by atoms with E-state index in [1.54, 1.807) is 13.4 Å². The van der Waals surface area contributed by atoms with Crippen LogP contribution in [0.4, 0.5) is 5.69 Å². The Morgan fingerprint density at radius 2 is 2.15 bits per heavy atom. The van der Waals surface area contributed by atoms with Gasteiger partial charge in [0.2, 0.25) is 5.91 Å². The molecule has 0 radical (unpaired) electrons. The zero-order valence-corrected chi connectivity index (χ0v) is 15.7. The minimum Gasteiger partial charge on any atom is -0.495 e. The Balaban J connectivity index is 1.44. The highest BCUT2D eigenvalue weighted by Crippen LogP contribution is 2.40. The fraction of sp³-hybridized carbons (Fsp3) is 0.316. The van der Waals surface area contributed by atoms with E-state index in [0.717, 1.165) is 29.6 Å². The molecule has 1 aliphatic carbocycles. The highest BCUT2D eigenvalue weighted by Gasteiger charge is 2.30. The summed E-state index contributed by atoms with van der Waals surface area (Å²) in [5.74, 6) is 3.03. The average Bonchev–Trinajstić information content (AvgIpc) is 3.24. The predicted molar refractivity (Wildman–Crippen MR) is 102 cm³/mol. The molecule has 1 amide bonds. The summed E-state index contributed by atoms with van der Waals surface area (Å²) in [6.07, 6.45) is 3.93. The van der Waals surface area contributed by atoms with E-state index in [2.05, 4.69) is 20.1 Å². The number of para-hydroxylation sites is 2. The van der Waals surface area contributed by atoms with Crippen molar-refractivity contribution in [1.82, 2.24) is 14.8 Å². The summed E-state index contributed by atoms with van der Waals surface area (Å²) < 4.78 is 12.8. The molecule has 1 saturated carbocycles. The lowest BCUT2D eigenvalue weighted by atomic mass is 10.3. The van der Waals surface area contributed by atoms with Crippen LogP contribution in [0.5, 0.6) is 5.75 Å². The highest BCUT2D eigenvalue weighted by atomic mass is 32.2. The monoisotopic (exact) mass is 384 g/mol. The number of benzene rings is 1. The molecule has 0 saturated heterocycles. The van der Waals surface area contributed by atoms with Crippen LogP contribution < -0.4 is 10.1 Å². The fourth-order valence-corrected chi connectivity index (χ4v) is 3.57.